The van der Waals surface area contributed by atoms with Crippen molar-refractivity contribution in [2.75, 3.05) is 19.7 Å². The van der Waals surface area contributed by atoms with Crippen molar-refractivity contribution in [3.05, 3.63) is 86.9 Å². The normalized spacial score (nSPS) is 11.3. The molecular weight excluding hydrogens is 615 g/mol. The van der Waals surface area contributed by atoms with Gasteiger partial charge >= 0.3 is 5.97 Å². The maximum Gasteiger partial charge on any atom is 0.328 e. The van der Waals surface area contributed by atoms with Gasteiger partial charge in [0.1, 0.15) is 23.3 Å². The Hall–Kier alpha value is -4.52. The molecule has 0 saturated carbocycles. The molecule has 0 aliphatic rings. The summed E-state index contributed by atoms with van der Waals surface area (Å²) < 4.78 is 5.75. The summed E-state index contributed by atoms with van der Waals surface area (Å²) in [6, 6.07) is 11.3. The van der Waals surface area contributed by atoms with Crippen molar-refractivity contribution < 1.29 is 39.2 Å². The smallest absolute Gasteiger partial charge is 0.328 e. The summed E-state index contributed by atoms with van der Waals surface area (Å²) >= 11 is 12.6. The molecule has 1 atom stereocenters. The van der Waals surface area contributed by atoms with E-state index >= 15 is 0 Å². The average molecular weight is 648 g/mol. The van der Waals surface area contributed by atoms with Crippen LogP contribution >= 0.6 is 23.2 Å². The van der Waals surface area contributed by atoms with E-state index in [0.29, 0.717) is 18.9 Å². The Bertz CT molecular complexity index is 1470. The zero-order chi connectivity index (χ0) is 32.2. The van der Waals surface area contributed by atoms with Gasteiger partial charge in [0.05, 0.1) is 22.2 Å². The molecule has 44 heavy (non-hydrogen) atoms. The Morgan fingerprint density at radius 3 is 2.09 bits per heavy atom. The lowest BCUT2D eigenvalue weighted by Crippen LogP contribution is -2.48. The van der Waals surface area contributed by atoms with E-state index in [0.717, 1.165) is 43.0 Å². The number of unbranched alkanes of at least 4 members (excludes halogenated alkanes) is 2. The van der Waals surface area contributed by atoms with Crippen LogP contribution in [-0.2, 0) is 11.3 Å². The molecule has 0 aliphatic carbocycles. The van der Waals surface area contributed by atoms with E-state index in [-0.39, 0.29) is 44.8 Å². The number of halogens is 2. The predicted octanol–water partition coefficient (Wildman–Crippen LogP) is 3.46. The van der Waals surface area contributed by atoms with Crippen LogP contribution in [0.2, 0.25) is 10.0 Å². The standard InChI is InChI=1S/C30H32Cl2N4O8/c31-23-12-19(28(40)34-15-17-5-4-6-22(9-17)44-8-3-1-2-7-33)13-24(32)26(23)29(41)36-25(30(42)43)16-35-27(39)18-10-20(37)14-21(38)11-18/h4-6,9-14,25,37-38H,1-3,7-8,15-16,33H2,(H,34,40)(H,35,39)(H,36,41)(H,42,43)/t25-/m0/s1. The molecule has 8 N–H and O–H groups in total. The number of nitrogens with two attached hydrogens (primary N) is 1. The molecule has 3 aromatic rings. The van der Waals surface area contributed by atoms with Crippen molar-refractivity contribution in [1.82, 2.24) is 16.0 Å². The number of rotatable bonds is 15. The minimum Gasteiger partial charge on any atom is -0.508 e. The van der Waals surface area contributed by atoms with E-state index in [9.17, 15) is 34.5 Å². The first-order valence-corrected chi connectivity index (χ1v) is 14.3. The third kappa shape index (κ3) is 10.0. The lowest BCUT2D eigenvalue weighted by atomic mass is 10.1. The van der Waals surface area contributed by atoms with Gasteiger partial charge in [-0.2, -0.15) is 0 Å². The van der Waals surface area contributed by atoms with Crippen molar-refractivity contribution in [2.24, 2.45) is 5.73 Å². The first-order valence-electron chi connectivity index (χ1n) is 13.5. The number of nitrogens with one attached hydrogen (secondary N) is 3. The Labute approximate surface area is 263 Å². The maximum absolute atomic E-state index is 12.9. The number of carboxylic acid groups (broad SMARTS) is 1. The molecule has 3 rings (SSSR count). The molecule has 0 bridgehead atoms. The van der Waals surface area contributed by atoms with Gasteiger partial charge in [-0.1, -0.05) is 35.3 Å². The molecule has 0 aromatic heterocycles. The zero-order valence-corrected chi connectivity index (χ0v) is 25.0. The average Bonchev–Trinajstić information content (AvgIpc) is 2.97. The Balaban J connectivity index is 1.60. The van der Waals surface area contributed by atoms with Crippen LogP contribution in [0.25, 0.3) is 0 Å². The van der Waals surface area contributed by atoms with Gasteiger partial charge in [-0.15, -0.1) is 0 Å². The molecule has 0 saturated heterocycles. The second-order valence-electron chi connectivity index (χ2n) is 9.66. The summed E-state index contributed by atoms with van der Waals surface area (Å²) in [6.45, 7) is 0.825. The number of aliphatic carboxylic acids is 1. The van der Waals surface area contributed by atoms with E-state index < -0.39 is 36.3 Å². The molecule has 0 spiro atoms. The third-order valence-corrected chi connectivity index (χ3v) is 6.83. The summed E-state index contributed by atoms with van der Waals surface area (Å²) in [5.41, 5.74) is 5.96. The molecule has 14 heteroatoms. The van der Waals surface area contributed by atoms with Crippen LogP contribution in [-0.4, -0.2) is 64.7 Å². The van der Waals surface area contributed by atoms with Crippen molar-refractivity contribution in [2.45, 2.75) is 31.8 Å². The van der Waals surface area contributed by atoms with Crippen molar-refractivity contribution >= 4 is 46.9 Å². The number of ether oxygens (including phenoxy) is 1. The summed E-state index contributed by atoms with van der Waals surface area (Å²) in [5.74, 6) is -3.82. The first-order chi connectivity index (χ1) is 21.0. The largest absolute Gasteiger partial charge is 0.508 e. The van der Waals surface area contributed by atoms with E-state index in [4.69, 9.17) is 33.7 Å². The number of phenols is 2. The van der Waals surface area contributed by atoms with Crippen molar-refractivity contribution in [1.29, 1.82) is 0 Å². The highest BCUT2D eigenvalue weighted by atomic mass is 35.5. The molecular formula is C30H32Cl2N4O8. The quantitative estimate of drug-likeness (QED) is 0.121. The van der Waals surface area contributed by atoms with Gasteiger partial charge in [0.25, 0.3) is 17.7 Å². The van der Waals surface area contributed by atoms with Gasteiger partial charge < -0.3 is 41.7 Å². The van der Waals surface area contributed by atoms with Gasteiger partial charge in [-0.05, 0) is 67.8 Å². The molecule has 0 aliphatic heterocycles. The summed E-state index contributed by atoms with van der Waals surface area (Å²) in [7, 11) is 0. The van der Waals surface area contributed by atoms with Crippen molar-refractivity contribution in [3.63, 3.8) is 0 Å². The fourth-order valence-corrected chi connectivity index (χ4v) is 4.68. The highest BCUT2D eigenvalue weighted by molar-refractivity contribution is 6.40. The second-order valence-corrected chi connectivity index (χ2v) is 10.5. The highest BCUT2D eigenvalue weighted by Crippen LogP contribution is 2.27. The van der Waals surface area contributed by atoms with Crippen LogP contribution in [0.4, 0.5) is 0 Å². The number of hydrogen-bond acceptors (Lipinski definition) is 8. The Kier molecular flexibility index (Phi) is 12.6. The molecule has 0 unspecified atom stereocenters. The minimum absolute atomic E-state index is 0.0697. The molecule has 234 valence electrons. The number of amides is 3. The van der Waals surface area contributed by atoms with Crippen LogP contribution < -0.4 is 26.4 Å². The molecule has 0 fully saturated rings. The zero-order valence-electron chi connectivity index (χ0n) is 23.4. The van der Waals surface area contributed by atoms with Crippen LogP contribution in [0.15, 0.2) is 54.6 Å². The van der Waals surface area contributed by atoms with E-state index in [1.165, 1.54) is 12.1 Å². The number of carbonyl (C=O) groups is 4. The number of aromatic hydroxyl groups is 2. The van der Waals surface area contributed by atoms with Crippen LogP contribution in [0, 0.1) is 0 Å². The van der Waals surface area contributed by atoms with E-state index in [1.54, 1.807) is 0 Å². The second kappa shape index (κ2) is 16.4. The SMILES string of the molecule is NCCCCCOc1cccc(CNC(=O)c2cc(Cl)c(C(=O)N[C@@H](CNC(=O)c3cc(O)cc(O)c3)C(=O)O)c(Cl)c2)c1. The number of phenolic OH excluding ortho intramolecular Hbond substituents is 2. The number of hydrogen-bond donors (Lipinski definition) is 7. The van der Waals surface area contributed by atoms with Crippen LogP contribution in [0.3, 0.4) is 0 Å². The molecule has 3 amide bonds. The fraction of sp³-hybridized carbons (Fsp3) is 0.267. The summed E-state index contributed by atoms with van der Waals surface area (Å²) in [5, 5.41) is 35.5. The fourth-order valence-electron chi connectivity index (χ4n) is 4.02. The number of benzene rings is 3. The van der Waals surface area contributed by atoms with Gasteiger partial charge in [-0.25, -0.2) is 4.79 Å². The number of carbonyl (C=O) groups excluding carboxylic acids is 3. The Morgan fingerprint density at radius 1 is 0.818 bits per heavy atom. The lowest BCUT2D eigenvalue weighted by Gasteiger charge is -2.17. The third-order valence-electron chi connectivity index (χ3n) is 6.23. The Morgan fingerprint density at radius 2 is 1.45 bits per heavy atom. The number of carboxylic acids is 1. The molecule has 3 aromatic carbocycles. The van der Waals surface area contributed by atoms with Gasteiger partial charge in [0, 0.05) is 30.3 Å². The highest BCUT2D eigenvalue weighted by Gasteiger charge is 2.25. The van der Waals surface area contributed by atoms with Crippen molar-refractivity contribution in [3.8, 4) is 17.2 Å². The first kappa shape index (κ1) is 34.0. The minimum atomic E-state index is -1.60. The van der Waals surface area contributed by atoms with E-state index in [1.807, 2.05) is 24.3 Å². The van der Waals surface area contributed by atoms with Gasteiger partial charge in [0.2, 0.25) is 0 Å². The van der Waals surface area contributed by atoms with Gasteiger partial charge in [0.15, 0.2) is 0 Å². The maximum atomic E-state index is 12.9. The topological polar surface area (TPSA) is 200 Å². The lowest BCUT2D eigenvalue weighted by molar-refractivity contribution is -0.139. The molecule has 0 radical (unpaired) electrons. The van der Waals surface area contributed by atoms with E-state index in [2.05, 4.69) is 16.0 Å². The summed E-state index contributed by atoms with van der Waals surface area (Å²) in [4.78, 5) is 49.8. The molecule has 0 heterocycles. The summed E-state index contributed by atoms with van der Waals surface area (Å²) in [6.07, 6.45) is 2.80. The van der Waals surface area contributed by atoms with Crippen LogP contribution in [0.5, 0.6) is 17.2 Å². The monoisotopic (exact) mass is 646 g/mol. The van der Waals surface area contributed by atoms with Gasteiger partial charge in [-0.3, -0.25) is 14.4 Å². The predicted molar refractivity (Wildman–Crippen MR) is 163 cm³/mol. The van der Waals surface area contributed by atoms with Crippen LogP contribution in [0.1, 0.15) is 55.9 Å². The molecule has 12 nitrogen and oxygen atoms in total.